The maximum Gasteiger partial charge on any atom is 0.356 e. The van der Waals surface area contributed by atoms with E-state index in [9.17, 15) is 8.78 Å². The molecule has 0 spiro atoms. The molecule has 0 heterocycles. The molecule has 0 aliphatic heterocycles. The highest BCUT2D eigenvalue weighted by Gasteiger charge is 2.35. The predicted molar refractivity (Wildman–Crippen MR) is 104 cm³/mol. The van der Waals surface area contributed by atoms with Crippen molar-refractivity contribution in [3.63, 3.8) is 0 Å². The van der Waals surface area contributed by atoms with Crippen LogP contribution in [0.2, 0.25) is 0 Å². The van der Waals surface area contributed by atoms with Crippen LogP contribution in [-0.2, 0) is 17.8 Å². The molecule has 0 N–H and O–H groups in total. The first-order valence-electron chi connectivity index (χ1n) is 10.2. The van der Waals surface area contributed by atoms with E-state index in [4.69, 9.17) is 4.74 Å². The normalized spacial score (nSPS) is 21.4. The summed E-state index contributed by atoms with van der Waals surface area (Å²) < 4.78 is 33.4. The number of unbranched alkanes of at least 4 members (excludes halogenated alkanes) is 2. The van der Waals surface area contributed by atoms with E-state index in [1.807, 2.05) is 31.2 Å². The van der Waals surface area contributed by atoms with Crippen LogP contribution in [0.5, 0.6) is 0 Å². The number of hydrogen-bond donors (Lipinski definition) is 0. The second kappa shape index (κ2) is 10.8. The van der Waals surface area contributed by atoms with Crippen LogP contribution in [0.25, 0.3) is 0 Å². The Bertz CT molecular complexity index is 528. The zero-order valence-electron chi connectivity index (χ0n) is 16.4. The van der Waals surface area contributed by atoms with E-state index in [1.54, 1.807) is 0 Å². The fourth-order valence-electron chi connectivity index (χ4n) is 3.82. The monoisotopic (exact) mass is 364 g/mol. The first-order valence-corrected chi connectivity index (χ1v) is 10.2. The Balaban J connectivity index is 1.73. The minimum Gasteiger partial charge on any atom is -0.316 e. The lowest BCUT2D eigenvalue weighted by molar-refractivity contribution is -0.256. The Labute approximate surface area is 157 Å². The average Bonchev–Trinajstić information content (AvgIpc) is 2.63. The quantitative estimate of drug-likeness (QED) is 0.312. The van der Waals surface area contributed by atoms with E-state index >= 15 is 0 Å². The lowest BCUT2D eigenvalue weighted by Crippen LogP contribution is -2.26. The molecule has 0 amide bonds. The van der Waals surface area contributed by atoms with Gasteiger partial charge in [0.2, 0.25) is 0 Å². The molecule has 1 aromatic carbocycles. The molecular formula is C23H34F2O. The van der Waals surface area contributed by atoms with E-state index in [1.165, 1.54) is 24.8 Å². The fraction of sp³-hybridized carbons (Fsp3) is 0.652. The summed E-state index contributed by atoms with van der Waals surface area (Å²) in [5, 5.41) is 0. The van der Waals surface area contributed by atoms with Gasteiger partial charge in [0, 0.05) is 6.42 Å². The molecule has 1 nitrogen and oxygen atoms in total. The number of halogens is 2. The van der Waals surface area contributed by atoms with E-state index in [0.717, 1.165) is 37.7 Å². The summed E-state index contributed by atoms with van der Waals surface area (Å²) in [6.45, 7) is 4.19. The highest BCUT2D eigenvalue weighted by Crippen LogP contribution is 2.37. The maximum atomic E-state index is 14.2. The molecule has 0 bridgehead atoms. The Hall–Kier alpha value is -1.22. The van der Waals surface area contributed by atoms with E-state index < -0.39 is 6.11 Å². The van der Waals surface area contributed by atoms with E-state index in [2.05, 4.69) is 19.1 Å². The molecule has 26 heavy (non-hydrogen) atoms. The predicted octanol–water partition coefficient (Wildman–Crippen LogP) is 7.30. The highest BCUT2D eigenvalue weighted by molar-refractivity contribution is 5.22. The molecule has 0 saturated heterocycles. The van der Waals surface area contributed by atoms with Crippen molar-refractivity contribution in [1.82, 2.24) is 0 Å². The summed E-state index contributed by atoms with van der Waals surface area (Å²) >= 11 is 0. The third-order valence-electron chi connectivity index (χ3n) is 5.42. The molecule has 0 unspecified atom stereocenters. The molecule has 146 valence electrons. The third-order valence-corrected chi connectivity index (χ3v) is 5.42. The van der Waals surface area contributed by atoms with Gasteiger partial charge in [0.05, 0.1) is 6.61 Å². The summed E-state index contributed by atoms with van der Waals surface area (Å²) in [5.74, 6) is 0.647. The first kappa shape index (κ1) is 21.1. The van der Waals surface area contributed by atoms with Gasteiger partial charge < -0.3 is 4.74 Å². The van der Waals surface area contributed by atoms with Gasteiger partial charge in [-0.15, -0.1) is 0 Å². The van der Waals surface area contributed by atoms with Gasteiger partial charge in [-0.2, -0.15) is 8.78 Å². The molecule has 2 rings (SSSR count). The zero-order chi connectivity index (χ0) is 18.8. The summed E-state index contributed by atoms with van der Waals surface area (Å²) in [5.41, 5.74) is 2.09. The molecule has 1 fully saturated rings. The van der Waals surface area contributed by atoms with E-state index in [-0.39, 0.29) is 18.9 Å². The van der Waals surface area contributed by atoms with Gasteiger partial charge >= 0.3 is 6.11 Å². The smallest absolute Gasteiger partial charge is 0.316 e. The summed E-state index contributed by atoms with van der Waals surface area (Å²) in [7, 11) is 0. The van der Waals surface area contributed by atoms with Crippen LogP contribution in [0.4, 0.5) is 8.78 Å². The first-order chi connectivity index (χ1) is 12.5. The van der Waals surface area contributed by atoms with Crippen molar-refractivity contribution < 1.29 is 13.5 Å². The lowest BCUT2D eigenvalue weighted by atomic mass is 9.80. The minimum atomic E-state index is -3.03. The van der Waals surface area contributed by atoms with Gasteiger partial charge in [0.25, 0.3) is 0 Å². The number of aryl methyl sites for hydroxylation is 1. The second-order valence-electron chi connectivity index (χ2n) is 7.71. The van der Waals surface area contributed by atoms with Gasteiger partial charge in [-0.3, -0.25) is 0 Å². The van der Waals surface area contributed by atoms with Crippen molar-refractivity contribution in [3.05, 3.63) is 47.5 Å². The molecule has 1 aliphatic rings. The van der Waals surface area contributed by atoms with Crippen molar-refractivity contribution in [1.29, 1.82) is 0 Å². The molecule has 0 radical (unpaired) electrons. The van der Waals surface area contributed by atoms with E-state index in [0.29, 0.717) is 5.92 Å². The van der Waals surface area contributed by atoms with Crippen molar-refractivity contribution >= 4 is 0 Å². The van der Waals surface area contributed by atoms with Crippen LogP contribution in [0.15, 0.2) is 36.4 Å². The lowest BCUT2D eigenvalue weighted by Gasteiger charge is -2.29. The molecule has 0 atom stereocenters. The topological polar surface area (TPSA) is 9.23 Å². The second-order valence-corrected chi connectivity index (χ2v) is 7.71. The molecule has 3 heteroatoms. The van der Waals surface area contributed by atoms with Crippen molar-refractivity contribution in [2.24, 2.45) is 11.8 Å². The summed E-state index contributed by atoms with van der Waals surface area (Å²) in [6.07, 6.45) is 9.56. The maximum absolute atomic E-state index is 14.2. The fourth-order valence-corrected chi connectivity index (χ4v) is 3.82. The zero-order valence-corrected chi connectivity index (χ0v) is 16.4. The van der Waals surface area contributed by atoms with Crippen LogP contribution in [0.1, 0.15) is 76.3 Å². The number of benzene rings is 1. The van der Waals surface area contributed by atoms with Gasteiger partial charge in [0.1, 0.15) is 0 Å². The Morgan fingerprint density at radius 1 is 1.04 bits per heavy atom. The number of alkyl halides is 2. The molecule has 0 aromatic heterocycles. The van der Waals surface area contributed by atoms with Crippen LogP contribution in [0.3, 0.4) is 0 Å². The van der Waals surface area contributed by atoms with Gasteiger partial charge in [-0.05, 0) is 68.4 Å². The molecule has 1 saturated carbocycles. The average molecular weight is 365 g/mol. The number of hydrogen-bond acceptors (Lipinski definition) is 1. The number of allylic oxidation sites excluding steroid dienone is 2. The molecule has 1 aliphatic carbocycles. The van der Waals surface area contributed by atoms with Gasteiger partial charge in [0.15, 0.2) is 0 Å². The van der Waals surface area contributed by atoms with Crippen LogP contribution in [-0.4, -0.2) is 6.11 Å². The number of ether oxygens (including phenoxy) is 1. The number of rotatable bonds is 10. The van der Waals surface area contributed by atoms with Crippen LogP contribution >= 0.6 is 0 Å². The SMILES string of the molecule is CC=C[C@H]1CC[C@H](CC(F)(F)OCc2ccc(CCCCC)cc2)CC1. The van der Waals surface area contributed by atoms with Crippen LogP contribution < -0.4 is 0 Å². The Kier molecular flexibility index (Phi) is 8.77. The van der Waals surface area contributed by atoms with Gasteiger partial charge in [-0.1, -0.05) is 56.2 Å². The summed E-state index contributed by atoms with van der Waals surface area (Å²) in [6, 6.07) is 7.91. The minimum absolute atomic E-state index is 0.0177. The molecule has 1 aromatic rings. The van der Waals surface area contributed by atoms with Crippen molar-refractivity contribution in [3.8, 4) is 0 Å². The standard InChI is InChI=1S/C23H34F2O/c1-3-5-6-8-20-11-15-22(16-12-20)18-26-23(24,25)17-21-13-9-19(7-4-2)10-14-21/h4,7,11-12,15-16,19,21H,3,5-6,8-10,13-14,17-18H2,1-2H3/t19-,21-. The third kappa shape index (κ3) is 7.57. The van der Waals surface area contributed by atoms with Crippen molar-refractivity contribution in [2.45, 2.75) is 84.4 Å². The summed E-state index contributed by atoms with van der Waals surface area (Å²) in [4.78, 5) is 0. The largest absolute Gasteiger partial charge is 0.356 e. The Morgan fingerprint density at radius 2 is 1.69 bits per heavy atom. The van der Waals surface area contributed by atoms with Crippen molar-refractivity contribution in [2.75, 3.05) is 0 Å². The van der Waals surface area contributed by atoms with Crippen LogP contribution in [0, 0.1) is 11.8 Å². The Morgan fingerprint density at radius 3 is 2.31 bits per heavy atom. The van der Waals surface area contributed by atoms with Gasteiger partial charge in [-0.25, -0.2) is 0 Å². The highest BCUT2D eigenvalue weighted by atomic mass is 19.3. The molecular weight excluding hydrogens is 330 g/mol.